The molecule has 0 saturated carbocycles. The summed E-state index contributed by atoms with van der Waals surface area (Å²) in [6.07, 6.45) is 0. The van der Waals surface area contributed by atoms with Gasteiger partial charge in [-0.3, -0.25) is 0 Å². The molecule has 0 aromatic carbocycles. The summed E-state index contributed by atoms with van der Waals surface area (Å²) in [6, 6.07) is 0. The molecule has 0 radical (unpaired) electrons. The van der Waals surface area contributed by atoms with Crippen molar-refractivity contribution in [1.29, 1.82) is 0 Å². The molecule has 0 amide bonds. The van der Waals surface area contributed by atoms with Gasteiger partial charge in [0.2, 0.25) is 0 Å². The number of rotatable bonds is 2. The zero-order chi connectivity index (χ0) is 4.12. The molecule has 34 valence electrons. The van der Waals surface area contributed by atoms with Crippen molar-refractivity contribution in [2.75, 3.05) is 13.2 Å². The van der Waals surface area contributed by atoms with Crippen molar-refractivity contribution in [1.82, 2.24) is 0 Å². The summed E-state index contributed by atoms with van der Waals surface area (Å²) in [6.45, 7) is 5.67. The van der Waals surface area contributed by atoms with Gasteiger partial charge in [0.05, 0.1) is 0 Å². The third-order valence-electron chi connectivity index (χ3n) is 0.408. The quantitative estimate of drug-likeness (QED) is 0.472. The van der Waals surface area contributed by atoms with Crippen molar-refractivity contribution in [3.8, 4) is 0 Å². The van der Waals surface area contributed by atoms with Crippen molar-refractivity contribution in [2.24, 2.45) is 0 Å². The van der Waals surface area contributed by atoms with Gasteiger partial charge in [0.25, 0.3) is 0 Å². The number of hydrogen-bond acceptors (Lipinski definition) is 1. The van der Waals surface area contributed by atoms with Crippen molar-refractivity contribution in [3.63, 3.8) is 0 Å². The number of hydrogen-bond donors (Lipinski definition) is 0. The summed E-state index contributed by atoms with van der Waals surface area (Å²) in [5, 5.41) is 0. The van der Waals surface area contributed by atoms with E-state index in [1.807, 2.05) is 13.8 Å². The fraction of sp³-hybridized carbons (Fsp3) is 1.00. The molecule has 0 fully saturated rings. The second kappa shape index (κ2) is 9.78. The molecule has 6 heavy (non-hydrogen) atoms. The third kappa shape index (κ3) is 9.14. The maximum absolute atomic E-state index is 4.83. The van der Waals surface area contributed by atoms with Gasteiger partial charge in [-0.05, 0) is 13.8 Å². The van der Waals surface area contributed by atoms with Crippen molar-refractivity contribution < 1.29 is 4.74 Å². The topological polar surface area (TPSA) is 9.23 Å². The van der Waals surface area contributed by atoms with Crippen LogP contribution in [-0.4, -0.2) is 64.6 Å². The minimum atomic E-state index is 0. The Morgan fingerprint density at radius 3 is 1.50 bits per heavy atom. The molecule has 0 saturated heterocycles. The third-order valence-corrected chi connectivity index (χ3v) is 0.408. The van der Waals surface area contributed by atoms with E-state index in [-0.39, 0.29) is 51.4 Å². The van der Waals surface area contributed by atoms with E-state index >= 15 is 0 Å². The van der Waals surface area contributed by atoms with Crippen LogP contribution in [0.2, 0.25) is 0 Å². The van der Waals surface area contributed by atoms with Crippen LogP contribution in [-0.2, 0) is 4.74 Å². The van der Waals surface area contributed by atoms with E-state index in [2.05, 4.69) is 0 Å². The molecule has 0 aliphatic rings. The van der Waals surface area contributed by atoms with Crippen LogP contribution in [0.1, 0.15) is 13.8 Å². The van der Waals surface area contributed by atoms with E-state index in [1.54, 1.807) is 0 Å². The Morgan fingerprint density at radius 2 is 1.50 bits per heavy atom. The second-order valence-corrected chi connectivity index (χ2v) is 0.781. The summed E-state index contributed by atoms with van der Waals surface area (Å²) in [4.78, 5) is 0. The SMILES string of the molecule is CCOCC.[KH]. The molecule has 0 spiro atoms. The van der Waals surface area contributed by atoms with Gasteiger partial charge in [0, 0.05) is 13.2 Å². The van der Waals surface area contributed by atoms with E-state index in [1.165, 1.54) is 0 Å². The van der Waals surface area contributed by atoms with Gasteiger partial charge in [0.1, 0.15) is 0 Å². The van der Waals surface area contributed by atoms with E-state index in [4.69, 9.17) is 4.74 Å². The summed E-state index contributed by atoms with van der Waals surface area (Å²) < 4.78 is 4.83. The molecule has 0 aromatic rings. The van der Waals surface area contributed by atoms with Gasteiger partial charge in [-0.15, -0.1) is 0 Å². The zero-order valence-corrected chi connectivity index (χ0v) is 3.82. The Morgan fingerprint density at radius 1 is 1.17 bits per heavy atom. The Bertz CT molecular complexity index is 15.0. The van der Waals surface area contributed by atoms with Crippen molar-refractivity contribution in [2.45, 2.75) is 13.8 Å². The fourth-order valence-electron chi connectivity index (χ4n) is 0.204. The molecule has 2 heteroatoms. The first kappa shape index (κ1) is 10.6. The van der Waals surface area contributed by atoms with Crippen molar-refractivity contribution >= 4 is 51.4 Å². The molecule has 0 atom stereocenters. The van der Waals surface area contributed by atoms with Crippen LogP contribution in [0, 0.1) is 0 Å². The summed E-state index contributed by atoms with van der Waals surface area (Å²) in [7, 11) is 0. The Balaban J connectivity index is 0. The van der Waals surface area contributed by atoms with Crippen LogP contribution in [0.3, 0.4) is 0 Å². The molecular weight excluding hydrogens is 103 g/mol. The van der Waals surface area contributed by atoms with Gasteiger partial charge in [-0.1, -0.05) is 0 Å². The van der Waals surface area contributed by atoms with Crippen LogP contribution in [0.15, 0.2) is 0 Å². The summed E-state index contributed by atoms with van der Waals surface area (Å²) in [5.41, 5.74) is 0. The minimum absolute atomic E-state index is 0. The first-order chi connectivity index (χ1) is 2.41. The molecule has 0 aliphatic heterocycles. The summed E-state index contributed by atoms with van der Waals surface area (Å²) >= 11 is 0. The van der Waals surface area contributed by atoms with Gasteiger partial charge in [-0.2, -0.15) is 0 Å². The van der Waals surface area contributed by atoms with Crippen LogP contribution in [0.25, 0.3) is 0 Å². The second-order valence-electron chi connectivity index (χ2n) is 0.781. The van der Waals surface area contributed by atoms with Gasteiger partial charge in [0.15, 0.2) is 0 Å². The molecule has 0 unspecified atom stereocenters. The van der Waals surface area contributed by atoms with E-state index < -0.39 is 0 Å². The first-order valence-corrected chi connectivity index (χ1v) is 1.99. The van der Waals surface area contributed by atoms with Gasteiger partial charge in [-0.25, -0.2) is 0 Å². The molecule has 0 rings (SSSR count). The molecule has 1 nitrogen and oxygen atoms in total. The molecule has 0 aliphatic carbocycles. The molecule has 0 aromatic heterocycles. The molecule has 0 heterocycles. The van der Waals surface area contributed by atoms with Gasteiger partial charge >= 0.3 is 51.4 Å². The zero-order valence-electron chi connectivity index (χ0n) is 3.82. The first-order valence-electron chi connectivity index (χ1n) is 1.99. The standard InChI is InChI=1S/C4H10O.K.H/c1-3-5-4-2;;/h3-4H2,1-2H3;;. The summed E-state index contributed by atoms with van der Waals surface area (Å²) in [5.74, 6) is 0. The Hall–Kier alpha value is 1.60. The van der Waals surface area contributed by atoms with Crippen LogP contribution < -0.4 is 0 Å². The fourth-order valence-corrected chi connectivity index (χ4v) is 0.204. The van der Waals surface area contributed by atoms with E-state index in [0.29, 0.717) is 0 Å². The number of ether oxygens (including phenoxy) is 1. The van der Waals surface area contributed by atoms with Crippen LogP contribution in [0.4, 0.5) is 0 Å². The molecule has 0 bridgehead atoms. The van der Waals surface area contributed by atoms with Crippen molar-refractivity contribution in [3.05, 3.63) is 0 Å². The Labute approximate surface area is 81.9 Å². The van der Waals surface area contributed by atoms with Crippen LogP contribution in [0.5, 0.6) is 0 Å². The average molecular weight is 114 g/mol. The molecule has 0 N–H and O–H groups in total. The Kier molecular flexibility index (Phi) is 17.2. The van der Waals surface area contributed by atoms with E-state index in [9.17, 15) is 0 Å². The maximum atomic E-state index is 4.83. The van der Waals surface area contributed by atoms with Crippen LogP contribution >= 0.6 is 0 Å². The predicted octanol–water partition coefficient (Wildman–Crippen LogP) is 0.394. The predicted molar refractivity (Wildman–Crippen MR) is 29.3 cm³/mol. The van der Waals surface area contributed by atoms with E-state index in [0.717, 1.165) is 13.2 Å². The molecular formula is C4H11KO. The normalized spacial score (nSPS) is 7.00. The van der Waals surface area contributed by atoms with Gasteiger partial charge < -0.3 is 4.74 Å². The average Bonchev–Trinajstić information content (AvgIpc) is 1.41. The monoisotopic (exact) mass is 114 g/mol.